The number of benzene rings is 3. The molecule has 0 fully saturated rings. The molecule has 2 aromatic heterocycles. The van der Waals surface area contributed by atoms with Crippen molar-refractivity contribution in [3.8, 4) is 11.5 Å². The van der Waals surface area contributed by atoms with Crippen LogP contribution in [0.5, 0.6) is 11.5 Å². The van der Waals surface area contributed by atoms with Crippen LogP contribution in [0, 0.1) is 6.92 Å². The van der Waals surface area contributed by atoms with Crippen molar-refractivity contribution in [3.63, 3.8) is 0 Å². The molecule has 0 spiro atoms. The Bertz CT molecular complexity index is 1850. The normalized spacial score (nSPS) is 17.5. The molecule has 45 heavy (non-hydrogen) atoms. The number of anilines is 1. The molecule has 0 unspecified atom stereocenters. The van der Waals surface area contributed by atoms with E-state index in [1.54, 1.807) is 65.9 Å². The highest BCUT2D eigenvalue weighted by Crippen LogP contribution is 2.57. The molecular formula is C33H36N6O5S. The van der Waals surface area contributed by atoms with Gasteiger partial charge in [-0.05, 0) is 72.5 Å². The highest BCUT2D eigenvalue weighted by Gasteiger charge is 2.34. The number of rotatable bonds is 8. The number of hydrogen-bond acceptors (Lipinski definition) is 9. The van der Waals surface area contributed by atoms with Crippen LogP contribution in [-0.2, 0) is 18.4 Å². The number of carbonyl (C=O) groups excluding carboxylic acids is 1. The predicted octanol–water partition coefficient (Wildman–Crippen LogP) is 6.15. The molecule has 2 atom stereocenters. The number of methoxy groups -OCH3 is 1. The Labute approximate surface area is 263 Å². The van der Waals surface area contributed by atoms with Gasteiger partial charge in [0.1, 0.15) is 33.5 Å². The Morgan fingerprint density at radius 2 is 1.96 bits per heavy atom. The predicted molar refractivity (Wildman–Crippen MR) is 174 cm³/mol. The van der Waals surface area contributed by atoms with Gasteiger partial charge >= 0.3 is 0 Å². The van der Waals surface area contributed by atoms with Crippen LogP contribution in [-0.4, -0.2) is 59.1 Å². The van der Waals surface area contributed by atoms with Crippen molar-refractivity contribution >= 4 is 33.4 Å². The third kappa shape index (κ3) is 6.22. The van der Waals surface area contributed by atoms with E-state index in [0.29, 0.717) is 34.1 Å². The highest BCUT2D eigenvalue weighted by molar-refractivity contribution is 8.22. The van der Waals surface area contributed by atoms with E-state index >= 15 is 0 Å². The number of nitrogens with zero attached hydrogens (tertiary/aromatic N) is 5. The zero-order chi connectivity index (χ0) is 31.7. The standard InChI is InChI=1S/C33H36N6O5S/c1-21-11-12-23(14-25(21)20-39-19-22(2)44-29-9-5-6-10-31(29)45(39,41)42)27(17-32(40)35-26-8-7-13-34-18-26)24-15-28-33(30(16-24)43-4)38(3)37-36-28/h5-16,18,22,27,41-42H,17,19-20H2,1-4H3,(H,35,40)/t22-,27+/m1/s1. The van der Waals surface area contributed by atoms with E-state index in [9.17, 15) is 13.9 Å². The van der Waals surface area contributed by atoms with Crippen LogP contribution in [0.4, 0.5) is 5.69 Å². The van der Waals surface area contributed by atoms with Gasteiger partial charge in [0.15, 0.2) is 0 Å². The smallest absolute Gasteiger partial charge is 0.225 e. The Hall–Kier alpha value is -4.49. The zero-order valence-electron chi connectivity index (χ0n) is 25.5. The maximum atomic E-state index is 13.4. The van der Waals surface area contributed by atoms with Crippen molar-refractivity contribution < 1.29 is 23.4 Å². The summed E-state index contributed by atoms with van der Waals surface area (Å²) < 4.78 is 38.1. The van der Waals surface area contributed by atoms with E-state index in [1.807, 2.05) is 50.2 Å². The number of hydrogen-bond donors (Lipinski definition) is 3. The summed E-state index contributed by atoms with van der Waals surface area (Å²) in [6.07, 6.45) is 3.12. The number of ether oxygens (including phenoxy) is 2. The summed E-state index contributed by atoms with van der Waals surface area (Å²) in [6.45, 7) is 4.50. The van der Waals surface area contributed by atoms with Crippen molar-refractivity contribution in [1.29, 1.82) is 0 Å². The van der Waals surface area contributed by atoms with Gasteiger partial charge in [-0.1, -0.05) is 35.5 Å². The molecule has 11 nitrogen and oxygen atoms in total. The first-order chi connectivity index (χ1) is 21.6. The summed E-state index contributed by atoms with van der Waals surface area (Å²) in [5.41, 5.74) is 5.64. The van der Waals surface area contributed by atoms with Crippen LogP contribution in [0.2, 0.25) is 0 Å². The Morgan fingerprint density at radius 1 is 1.13 bits per heavy atom. The average Bonchev–Trinajstić information content (AvgIpc) is 3.37. The number of para-hydroxylation sites is 1. The van der Waals surface area contributed by atoms with Crippen LogP contribution in [0.3, 0.4) is 0 Å². The molecule has 0 saturated heterocycles. The van der Waals surface area contributed by atoms with Gasteiger partial charge in [0.05, 0.1) is 25.5 Å². The summed E-state index contributed by atoms with van der Waals surface area (Å²) in [5.74, 6) is 0.517. The Balaban J connectivity index is 1.39. The number of aromatic nitrogens is 4. The third-order valence-electron chi connectivity index (χ3n) is 8.06. The minimum atomic E-state index is -3.33. The van der Waals surface area contributed by atoms with Crippen LogP contribution in [0.25, 0.3) is 11.0 Å². The van der Waals surface area contributed by atoms with Gasteiger partial charge in [-0.2, -0.15) is 4.31 Å². The molecule has 3 heterocycles. The van der Waals surface area contributed by atoms with E-state index < -0.39 is 10.8 Å². The number of nitrogens with one attached hydrogen (secondary N) is 1. The van der Waals surface area contributed by atoms with E-state index in [4.69, 9.17) is 9.47 Å². The van der Waals surface area contributed by atoms with Gasteiger partial charge < -0.3 is 14.8 Å². The summed E-state index contributed by atoms with van der Waals surface area (Å²) in [4.78, 5) is 17.9. The monoisotopic (exact) mass is 628 g/mol. The fraction of sp³-hybridized carbons (Fsp3) is 0.273. The van der Waals surface area contributed by atoms with E-state index in [2.05, 4.69) is 20.6 Å². The fourth-order valence-corrected chi connectivity index (χ4v) is 7.44. The van der Waals surface area contributed by atoms with E-state index in [0.717, 1.165) is 27.8 Å². The maximum Gasteiger partial charge on any atom is 0.225 e. The van der Waals surface area contributed by atoms with Crippen LogP contribution in [0.15, 0.2) is 84.0 Å². The van der Waals surface area contributed by atoms with Crippen molar-refractivity contribution in [2.75, 3.05) is 19.0 Å². The number of aryl methyl sites for hydroxylation is 2. The molecule has 0 bridgehead atoms. The van der Waals surface area contributed by atoms with Gasteiger partial charge in [-0.25, -0.2) is 4.68 Å². The minimum absolute atomic E-state index is 0.128. The molecule has 3 aromatic carbocycles. The first-order valence-corrected chi connectivity index (χ1v) is 16.1. The quantitative estimate of drug-likeness (QED) is 0.185. The Kier molecular flexibility index (Phi) is 8.47. The molecule has 0 saturated carbocycles. The van der Waals surface area contributed by atoms with Gasteiger partial charge in [0.2, 0.25) is 5.91 Å². The molecule has 3 N–H and O–H groups in total. The number of pyridine rings is 1. The van der Waals surface area contributed by atoms with Crippen molar-refractivity contribution in [1.82, 2.24) is 24.3 Å². The molecule has 0 aliphatic carbocycles. The average molecular weight is 629 g/mol. The van der Waals surface area contributed by atoms with Crippen LogP contribution < -0.4 is 14.8 Å². The van der Waals surface area contributed by atoms with Gasteiger partial charge in [-0.3, -0.25) is 18.9 Å². The lowest BCUT2D eigenvalue weighted by molar-refractivity contribution is -0.116. The molecule has 1 amide bonds. The second-order valence-electron chi connectivity index (χ2n) is 11.3. The number of carbonyl (C=O) groups is 1. The summed E-state index contributed by atoms with van der Waals surface area (Å²) in [5, 5.41) is 11.4. The molecule has 12 heteroatoms. The minimum Gasteiger partial charge on any atom is -0.494 e. The highest BCUT2D eigenvalue weighted by atomic mass is 32.3. The molecule has 5 aromatic rings. The van der Waals surface area contributed by atoms with Crippen molar-refractivity contribution in [3.05, 3.63) is 101 Å². The zero-order valence-corrected chi connectivity index (χ0v) is 26.4. The summed E-state index contributed by atoms with van der Waals surface area (Å²) >= 11 is 0. The topological polar surface area (TPSA) is 135 Å². The summed E-state index contributed by atoms with van der Waals surface area (Å²) in [6, 6.07) is 20.5. The Morgan fingerprint density at radius 3 is 2.73 bits per heavy atom. The lowest BCUT2D eigenvalue weighted by Gasteiger charge is -2.42. The van der Waals surface area contributed by atoms with E-state index in [-0.39, 0.29) is 30.9 Å². The second kappa shape index (κ2) is 12.5. The molecule has 1 aliphatic heterocycles. The molecule has 6 rings (SSSR count). The van der Waals surface area contributed by atoms with Gasteiger partial charge in [-0.15, -0.1) is 15.9 Å². The lowest BCUT2D eigenvalue weighted by Crippen LogP contribution is -2.33. The second-order valence-corrected chi connectivity index (χ2v) is 13.2. The fourth-order valence-electron chi connectivity index (χ4n) is 5.77. The van der Waals surface area contributed by atoms with Crippen LogP contribution >= 0.6 is 10.8 Å². The van der Waals surface area contributed by atoms with Crippen LogP contribution in [0.1, 0.15) is 41.5 Å². The maximum absolute atomic E-state index is 13.4. The molecular weight excluding hydrogens is 592 g/mol. The number of fused-ring (bicyclic) bond motifs is 2. The van der Waals surface area contributed by atoms with Crippen molar-refractivity contribution in [2.45, 2.75) is 43.7 Å². The lowest BCUT2D eigenvalue weighted by atomic mass is 9.86. The molecule has 0 radical (unpaired) electrons. The first kappa shape index (κ1) is 30.5. The van der Waals surface area contributed by atoms with Gasteiger partial charge in [0.25, 0.3) is 0 Å². The van der Waals surface area contributed by atoms with Crippen molar-refractivity contribution in [2.24, 2.45) is 7.05 Å². The first-order valence-electron chi connectivity index (χ1n) is 14.6. The SMILES string of the molecule is COc1cc([C@@H](CC(=O)Nc2cccnc2)c2ccc(C)c(CN3C[C@@H](C)Oc4ccccc4S3(O)O)c2)cc2nnn(C)c12. The van der Waals surface area contributed by atoms with E-state index in [1.165, 1.54) is 0 Å². The number of amides is 1. The molecule has 234 valence electrons. The third-order valence-corrected chi connectivity index (χ3v) is 9.99. The summed E-state index contributed by atoms with van der Waals surface area (Å²) in [7, 11) is 0.0721. The molecule has 1 aliphatic rings. The van der Waals surface area contributed by atoms with Gasteiger partial charge in [0, 0.05) is 32.1 Å². The largest absolute Gasteiger partial charge is 0.494 e.